The largest absolute Gasteiger partial charge is 0.454 e. The Labute approximate surface area is 212 Å². The smallest absolute Gasteiger partial charge is 0.274 e. The van der Waals surface area contributed by atoms with Gasteiger partial charge in [0.25, 0.3) is 5.56 Å². The van der Waals surface area contributed by atoms with Gasteiger partial charge in [-0.1, -0.05) is 24.3 Å². The van der Waals surface area contributed by atoms with Gasteiger partial charge in [0, 0.05) is 48.1 Å². The van der Waals surface area contributed by atoms with Gasteiger partial charge >= 0.3 is 0 Å². The van der Waals surface area contributed by atoms with Gasteiger partial charge < -0.3 is 19.4 Å². The molecular weight excluding hydrogens is 475 g/mol. The summed E-state index contributed by atoms with van der Waals surface area (Å²) in [4.78, 5) is 16.1. The fourth-order valence-corrected chi connectivity index (χ4v) is 4.49. The van der Waals surface area contributed by atoms with Crippen molar-refractivity contribution >= 4 is 16.5 Å². The first-order valence-electron chi connectivity index (χ1n) is 11.7. The molecule has 3 heterocycles. The van der Waals surface area contributed by atoms with E-state index in [-0.39, 0.29) is 23.2 Å². The quantitative estimate of drug-likeness (QED) is 0.370. The third kappa shape index (κ3) is 4.28. The van der Waals surface area contributed by atoms with Gasteiger partial charge in [-0.25, -0.2) is 4.39 Å². The maximum absolute atomic E-state index is 14.9. The fourth-order valence-electron chi connectivity index (χ4n) is 4.49. The molecule has 0 unspecified atom stereocenters. The van der Waals surface area contributed by atoms with Crippen LogP contribution in [-0.4, -0.2) is 37.1 Å². The Morgan fingerprint density at radius 1 is 1.03 bits per heavy atom. The highest BCUT2D eigenvalue weighted by molar-refractivity contribution is 5.98. The predicted octanol–water partition coefficient (Wildman–Crippen LogP) is 4.59. The van der Waals surface area contributed by atoms with Gasteiger partial charge in [0.05, 0.1) is 19.0 Å². The molecule has 2 aromatic carbocycles. The van der Waals surface area contributed by atoms with E-state index in [4.69, 9.17) is 4.74 Å². The predicted molar refractivity (Wildman–Crippen MR) is 139 cm³/mol. The van der Waals surface area contributed by atoms with Crippen molar-refractivity contribution in [2.75, 3.05) is 7.05 Å². The number of hydrogen-bond donors (Lipinski definition) is 3. The third-order valence-corrected chi connectivity index (χ3v) is 6.52. The van der Waals surface area contributed by atoms with Gasteiger partial charge in [-0.15, -0.1) is 0 Å². The van der Waals surface area contributed by atoms with Crippen molar-refractivity contribution in [3.8, 4) is 17.0 Å². The molecule has 4 aromatic rings. The number of hydrazine groups is 1. The Bertz CT molecular complexity index is 1630. The molecule has 0 bridgehead atoms. The highest BCUT2D eigenvalue weighted by Gasteiger charge is 2.25. The zero-order valence-electron chi connectivity index (χ0n) is 20.9. The zero-order chi connectivity index (χ0) is 26.4. The molecule has 1 aliphatic rings. The number of fused-ring (bicyclic) bond motifs is 1. The first-order chi connectivity index (χ1) is 17.7. The summed E-state index contributed by atoms with van der Waals surface area (Å²) in [5.41, 5.74) is 4.18. The highest BCUT2D eigenvalue weighted by Crippen LogP contribution is 2.37. The van der Waals surface area contributed by atoms with Crippen LogP contribution in [0.3, 0.4) is 0 Å². The number of nitrogens with zero attached hydrogens (tertiary/aromatic N) is 3. The number of ether oxygens (including phenoxy) is 1. The van der Waals surface area contributed by atoms with E-state index in [0.29, 0.717) is 39.3 Å². The highest BCUT2D eigenvalue weighted by atomic mass is 19.1. The molecule has 0 saturated heterocycles. The Morgan fingerprint density at radius 3 is 2.43 bits per heavy atom. The summed E-state index contributed by atoms with van der Waals surface area (Å²) in [7, 11) is 3.30. The van der Waals surface area contributed by atoms with Gasteiger partial charge in [-0.05, 0) is 48.7 Å². The number of nitrogens with one attached hydrogen (secondary N) is 1. The average molecular weight is 503 g/mol. The Hall–Kier alpha value is -4.34. The third-order valence-electron chi connectivity index (χ3n) is 6.52. The van der Waals surface area contributed by atoms with E-state index in [2.05, 4.69) is 4.98 Å². The van der Waals surface area contributed by atoms with Crippen LogP contribution in [0, 0.1) is 19.7 Å². The molecule has 3 N–H and O–H groups in total. The lowest BCUT2D eigenvalue weighted by molar-refractivity contribution is -0.173. The molecule has 5 rings (SSSR count). The minimum Gasteiger partial charge on any atom is -0.454 e. The lowest BCUT2D eigenvalue weighted by atomic mass is 10.0. The van der Waals surface area contributed by atoms with Crippen LogP contribution in [0.4, 0.5) is 4.39 Å². The van der Waals surface area contributed by atoms with Gasteiger partial charge in [0.15, 0.2) is 5.76 Å². The topological polar surface area (TPSA) is 94.0 Å². The van der Waals surface area contributed by atoms with E-state index < -0.39 is 5.82 Å². The number of benzene rings is 2. The van der Waals surface area contributed by atoms with Crippen LogP contribution in [0.1, 0.15) is 22.3 Å². The Kier molecular flexibility index (Phi) is 6.10. The number of para-hydroxylation sites is 1. The number of halogens is 1. The van der Waals surface area contributed by atoms with Crippen molar-refractivity contribution in [2.45, 2.75) is 20.5 Å². The first-order valence-corrected chi connectivity index (χ1v) is 11.7. The molecule has 0 amide bonds. The fraction of sp³-hybridized carbons (Fsp3) is 0.179. The van der Waals surface area contributed by atoms with Crippen molar-refractivity contribution in [1.82, 2.24) is 19.7 Å². The Balaban J connectivity index is 1.69. The molecular formula is C28H27FN4O4. The molecule has 8 nitrogen and oxygen atoms in total. The van der Waals surface area contributed by atoms with Crippen molar-refractivity contribution in [2.24, 2.45) is 7.05 Å². The van der Waals surface area contributed by atoms with Crippen LogP contribution in [0.15, 0.2) is 71.6 Å². The van der Waals surface area contributed by atoms with E-state index in [0.717, 1.165) is 16.3 Å². The summed E-state index contributed by atoms with van der Waals surface area (Å²) >= 11 is 0. The van der Waals surface area contributed by atoms with Crippen molar-refractivity contribution < 1.29 is 19.4 Å². The maximum Gasteiger partial charge on any atom is 0.274 e. The number of aliphatic hydroxyl groups excluding tert-OH is 1. The van der Waals surface area contributed by atoms with E-state index in [1.807, 2.05) is 32.0 Å². The van der Waals surface area contributed by atoms with Crippen molar-refractivity contribution in [3.05, 3.63) is 105 Å². The van der Waals surface area contributed by atoms with Gasteiger partial charge in [-0.3, -0.25) is 15.0 Å². The summed E-state index contributed by atoms with van der Waals surface area (Å²) in [6.07, 6.45) is 4.82. The number of aromatic nitrogens is 2. The normalized spacial score (nSPS) is 13.7. The summed E-state index contributed by atoms with van der Waals surface area (Å²) in [6, 6.07) is 12.0. The summed E-state index contributed by atoms with van der Waals surface area (Å²) < 4.78 is 22.7. The van der Waals surface area contributed by atoms with Crippen LogP contribution in [0.25, 0.3) is 27.7 Å². The van der Waals surface area contributed by atoms with Crippen LogP contribution in [0.5, 0.6) is 5.75 Å². The minimum absolute atomic E-state index is 0.269. The number of hydrogen-bond acceptors (Lipinski definition) is 6. The summed E-state index contributed by atoms with van der Waals surface area (Å²) in [5.74, 6) is 0.642. The second kappa shape index (κ2) is 9.27. The number of aliphatic hydroxyl groups is 1. The van der Waals surface area contributed by atoms with Crippen molar-refractivity contribution in [3.63, 3.8) is 0 Å². The van der Waals surface area contributed by atoms with E-state index >= 15 is 0 Å². The molecule has 2 aromatic heterocycles. The molecule has 0 spiro atoms. The minimum atomic E-state index is -0.518. The number of aryl methyl sites for hydroxylation is 3. The Morgan fingerprint density at radius 2 is 1.76 bits per heavy atom. The summed E-state index contributed by atoms with van der Waals surface area (Å²) in [6.45, 7) is 3.64. The average Bonchev–Trinajstić information content (AvgIpc) is 3.31. The zero-order valence-corrected chi connectivity index (χ0v) is 20.9. The second-order valence-corrected chi connectivity index (χ2v) is 9.16. The SMILES string of the molecule is Cc1cccc(C)c1OC1=CN(C)N(O)C=C1c1cn(C)c(=O)c2[nH]c(-c3ccc(CO)cc3F)cc12. The van der Waals surface area contributed by atoms with E-state index in [1.54, 1.807) is 44.7 Å². The molecule has 0 saturated carbocycles. The van der Waals surface area contributed by atoms with E-state index in [1.165, 1.54) is 21.8 Å². The number of allylic oxidation sites excluding steroid dienone is 1. The van der Waals surface area contributed by atoms with Crippen LogP contribution in [0.2, 0.25) is 0 Å². The standard InChI is InChI=1S/C28H27FN4O4/c1-16-6-5-7-17(2)27(16)37-25-14-32(4)33(36)13-22(25)21-12-31(3)28(35)26-20(21)11-24(30-26)19-9-8-18(15-34)10-23(19)29/h5-14,30,34,36H,15H2,1-4H3. The summed E-state index contributed by atoms with van der Waals surface area (Å²) in [5, 5.41) is 22.8. The molecule has 37 heavy (non-hydrogen) atoms. The first kappa shape index (κ1) is 24.4. The monoisotopic (exact) mass is 502 g/mol. The van der Waals surface area contributed by atoms with Gasteiger partial charge in [0.1, 0.15) is 17.1 Å². The number of pyridine rings is 1. The molecule has 9 heteroatoms. The van der Waals surface area contributed by atoms with Gasteiger partial charge in [-0.2, -0.15) is 5.17 Å². The van der Waals surface area contributed by atoms with E-state index in [9.17, 15) is 19.5 Å². The van der Waals surface area contributed by atoms with Gasteiger partial charge in [0.2, 0.25) is 0 Å². The number of hydroxylamine groups is 1. The van der Waals surface area contributed by atoms with Crippen LogP contribution >= 0.6 is 0 Å². The molecule has 0 atom stereocenters. The lowest BCUT2D eigenvalue weighted by Gasteiger charge is -2.30. The van der Waals surface area contributed by atoms with Crippen LogP contribution in [-0.2, 0) is 13.7 Å². The number of H-pyrrole nitrogens is 1. The molecule has 0 fully saturated rings. The molecule has 190 valence electrons. The molecule has 0 aliphatic carbocycles. The molecule has 1 aliphatic heterocycles. The van der Waals surface area contributed by atoms with Crippen molar-refractivity contribution in [1.29, 1.82) is 0 Å². The lowest BCUT2D eigenvalue weighted by Crippen LogP contribution is -2.32. The number of aromatic amines is 1. The molecule has 0 radical (unpaired) electrons. The van der Waals surface area contributed by atoms with Crippen LogP contribution < -0.4 is 10.3 Å². The second-order valence-electron chi connectivity index (χ2n) is 9.16. The maximum atomic E-state index is 14.9. The number of rotatable bonds is 5.